The van der Waals surface area contributed by atoms with Crippen LogP contribution in [0.2, 0.25) is 0 Å². The number of piperazine rings is 1. The van der Waals surface area contributed by atoms with Gasteiger partial charge in [0.05, 0.1) is 4.90 Å². The van der Waals surface area contributed by atoms with E-state index >= 15 is 0 Å². The number of hydrogen-bond acceptors (Lipinski definition) is 5. The first-order valence-corrected chi connectivity index (χ1v) is 10.6. The van der Waals surface area contributed by atoms with Crippen LogP contribution in [-0.2, 0) is 15.6 Å². The molecule has 1 atom stereocenters. The van der Waals surface area contributed by atoms with Crippen LogP contribution in [-0.4, -0.2) is 50.2 Å². The van der Waals surface area contributed by atoms with Crippen molar-refractivity contribution in [3.8, 4) is 0 Å². The SMILES string of the molecule is CC(O)(c1ccc(N2CCN(S(=O)(=O)c3ccsc3)CC2)cc1)C(F)(F)F. The van der Waals surface area contributed by atoms with Gasteiger partial charge in [0, 0.05) is 37.2 Å². The lowest BCUT2D eigenvalue weighted by atomic mass is 9.95. The van der Waals surface area contributed by atoms with E-state index in [1.807, 2.05) is 4.90 Å². The largest absolute Gasteiger partial charge is 0.421 e. The zero-order valence-electron chi connectivity index (χ0n) is 14.5. The van der Waals surface area contributed by atoms with Crippen molar-refractivity contribution in [1.29, 1.82) is 0 Å². The number of nitrogens with zero attached hydrogens (tertiary/aromatic N) is 2. The number of halogens is 3. The maximum Gasteiger partial charge on any atom is 0.421 e. The highest BCUT2D eigenvalue weighted by molar-refractivity contribution is 7.89. The molecule has 1 unspecified atom stereocenters. The minimum atomic E-state index is -4.77. The second-order valence-electron chi connectivity index (χ2n) is 6.47. The molecule has 27 heavy (non-hydrogen) atoms. The minimum absolute atomic E-state index is 0.238. The van der Waals surface area contributed by atoms with Gasteiger partial charge < -0.3 is 10.0 Å². The van der Waals surface area contributed by atoms with Gasteiger partial charge in [0.25, 0.3) is 0 Å². The number of rotatable bonds is 4. The fraction of sp³-hybridized carbons (Fsp3) is 0.412. The molecule has 1 fully saturated rings. The Labute approximate surface area is 159 Å². The van der Waals surface area contributed by atoms with Gasteiger partial charge in [0.1, 0.15) is 0 Å². The summed E-state index contributed by atoms with van der Waals surface area (Å²) in [5.74, 6) is 0. The van der Waals surface area contributed by atoms with Crippen molar-refractivity contribution in [3.05, 3.63) is 46.7 Å². The lowest BCUT2D eigenvalue weighted by Crippen LogP contribution is -2.48. The van der Waals surface area contributed by atoms with Crippen LogP contribution in [0.1, 0.15) is 12.5 Å². The van der Waals surface area contributed by atoms with Crippen molar-refractivity contribution in [1.82, 2.24) is 4.31 Å². The van der Waals surface area contributed by atoms with Gasteiger partial charge in [0.15, 0.2) is 5.60 Å². The molecule has 3 rings (SSSR count). The number of aliphatic hydroxyl groups is 1. The fourth-order valence-electron chi connectivity index (χ4n) is 2.89. The molecule has 0 amide bonds. The van der Waals surface area contributed by atoms with E-state index in [1.165, 1.54) is 39.9 Å². The Balaban J connectivity index is 1.68. The number of anilines is 1. The third-order valence-corrected chi connectivity index (χ3v) is 7.45. The van der Waals surface area contributed by atoms with Gasteiger partial charge in [-0.1, -0.05) is 12.1 Å². The molecule has 2 aromatic rings. The van der Waals surface area contributed by atoms with Gasteiger partial charge in [-0.2, -0.15) is 28.8 Å². The van der Waals surface area contributed by atoms with Gasteiger partial charge >= 0.3 is 6.18 Å². The maximum atomic E-state index is 12.9. The average Bonchev–Trinajstić information content (AvgIpc) is 3.16. The molecular formula is C17H19F3N2O3S2. The molecule has 1 saturated heterocycles. The Morgan fingerprint density at radius 1 is 1.04 bits per heavy atom. The molecule has 0 radical (unpaired) electrons. The average molecular weight is 420 g/mol. The molecule has 0 bridgehead atoms. The molecule has 0 saturated carbocycles. The number of sulfonamides is 1. The van der Waals surface area contributed by atoms with Crippen LogP contribution in [0.4, 0.5) is 18.9 Å². The Bertz CT molecular complexity index is 871. The number of benzene rings is 1. The third kappa shape index (κ3) is 3.84. The third-order valence-electron chi connectivity index (χ3n) is 4.72. The van der Waals surface area contributed by atoms with Gasteiger partial charge in [-0.3, -0.25) is 0 Å². The lowest BCUT2D eigenvalue weighted by molar-refractivity contribution is -0.258. The minimum Gasteiger partial charge on any atom is -0.376 e. The van der Waals surface area contributed by atoms with Crippen LogP contribution in [0.25, 0.3) is 0 Å². The number of thiophene rings is 1. The van der Waals surface area contributed by atoms with Gasteiger partial charge in [-0.25, -0.2) is 8.42 Å². The van der Waals surface area contributed by atoms with E-state index in [2.05, 4.69) is 0 Å². The summed E-state index contributed by atoms with van der Waals surface area (Å²) in [5.41, 5.74) is -2.47. The summed E-state index contributed by atoms with van der Waals surface area (Å²) in [6.07, 6.45) is -4.77. The van der Waals surface area contributed by atoms with E-state index in [-0.39, 0.29) is 10.5 Å². The normalized spacial score (nSPS) is 19.1. The fourth-order valence-corrected chi connectivity index (χ4v) is 5.33. The van der Waals surface area contributed by atoms with Crippen molar-refractivity contribution in [2.45, 2.75) is 23.6 Å². The van der Waals surface area contributed by atoms with E-state index in [0.29, 0.717) is 31.9 Å². The van der Waals surface area contributed by atoms with E-state index < -0.39 is 21.8 Å². The van der Waals surface area contributed by atoms with Gasteiger partial charge in [0.2, 0.25) is 10.0 Å². The predicted octanol–water partition coefficient (Wildman–Crippen LogP) is 3.03. The summed E-state index contributed by atoms with van der Waals surface area (Å²) in [7, 11) is -3.51. The monoisotopic (exact) mass is 420 g/mol. The van der Waals surface area contributed by atoms with E-state index in [1.54, 1.807) is 16.8 Å². The zero-order valence-corrected chi connectivity index (χ0v) is 16.1. The standard InChI is InChI=1S/C17H19F3N2O3S2/c1-16(23,17(18,19)20)13-2-4-14(5-3-13)21-7-9-22(10-8-21)27(24,25)15-6-11-26-12-15/h2-6,11-12,23H,7-10H2,1H3. The van der Waals surface area contributed by atoms with Crippen molar-refractivity contribution in [2.75, 3.05) is 31.1 Å². The molecule has 0 spiro atoms. The molecule has 148 valence electrons. The van der Waals surface area contributed by atoms with Crippen molar-refractivity contribution < 1.29 is 26.7 Å². The molecule has 1 aromatic heterocycles. The highest BCUT2D eigenvalue weighted by Gasteiger charge is 2.51. The molecule has 1 N–H and O–H groups in total. The molecule has 1 aromatic carbocycles. The Hall–Kier alpha value is -1.62. The number of hydrogen-bond donors (Lipinski definition) is 1. The van der Waals surface area contributed by atoms with E-state index in [9.17, 15) is 26.7 Å². The molecule has 1 aliphatic heterocycles. The highest BCUT2D eigenvalue weighted by Crippen LogP contribution is 2.39. The smallest absolute Gasteiger partial charge is 0.376 e. The summed E-state index contributed by atoms with van der Waals surface area (Å²) >= 11 is 1.32. The zero-order chi connectivity index (χ0) is 19.9. The van der Waals surface area contributed by atoms with Crippen LogP contribution < -0.4 is 4.90 Å². The van der Waals surface area contributed by atoms with Crippen molar-refractivity contribution in [3.63, 3.8) is 0 Å². The topological polar surface area (TPSA) is 60.9 Å². The summed E-state index contributed by atoms with van der Waals surface area (Å²) in [6, 6.07) is 7.09. The molecule has 10 heteroatoms. The van der Waals surface area contributed by atoms with Crippen molar-refractivity contribution in [2.24, 2.45) is 0 Å². The summed E-state index contributed by atoms with van der Waals surface area (Å²) < 4.78 is 65.2. The van der Waals surface area contributed by atoms with Crippen LogP contribution in [0, 0.1) is 0 Å². The Morgan fingerprint density at radius 2 is 1.63 bits per heavy atom. The second kappa shape index (κ2) is 7.08. The molecule has 5 nitrogen and oxygen atoms in total. The van der Waals surface area contributed by atoms with Gasteiger partial charge in [-0.15, -0.1) is 0 Å². The highest BCUT2D eigenvalue weighted by atomic mass is 32.2. The number of alkyl halides is 3. The predicted molar refractivity (Wildman–Crippen MR) is 97.4 cm³/mol. The van der Waals surface area contributed by atoms with Gasteiger partial charge in [-0.05, 0) is 36.1 Å². The first-order chi connectivity index (χ1) is 12.5. The molecule has 0 aliphatic carbocycles. The van der Waals surface area contributed by atoms with Crippen LogP contribution >= 0.6 is 11.3 Å². The van der Waals surface area contributed by atoms with E-state index in [0.717, 1.165) is 6.92 Å². The van der Waals surface area contributed by atoms with Crippen LogP contribution in [0.15, 0.2) is 46.0 Å². The summed E-state index contributed by atoms with van der Waals surface area (Å²) in [4.78, 5) is 2.19. The van der Waals surface area contributed by atoms with Crippen LogP contribution in [0.5, 0.6) is 0 Å². The first kappa shape index (κ1) is 20.1. The summed E-state index contributed by atoms with van der Waals surface area (Å²) in [5, 5.41) is 13.0. The van der Waals surface area contributed by atoms with E-state index in [4.69, 9.17) is 0 Å². The summed E-state index contributed by atoms with van der Waals surface area (Å²) in [6.45, 7) is 2.16. The van der Waals surface area contributed by atoms with Crippen molar-refractivity contribution >= 4 is 27.0 Å². The van der Waals surface area contributed by atoms with Crippen LogP contribution in [0.3, 0.4) is 0 Å². The first-order valence-electron chi connectivity index (χ1n) is 8.20. The molecular weight excluding hydrogens is 401 g/mol. The molecule has 2 heterocycles. The second-order valence-corrected chi connectivity index (χ2v) is 9.19. The Kier molecular flexibility index (Phi) is 5.28. The molecule has 1 aliphatic rings. The maximum absolute atomic E-state index is 12.9. The Morgan fingerprint density at radius 3 is 2.11 bits per heavy atom. The lowest BCUT2D eigenvalue weighted by Gasteiger charge is -2.35. The quantitative estimate of drug-likeness (QED) is 0.826.